The number of aryl methyl sites for hydroxylation is 1. The van der Waals surface area contributed by atoms with Crippen LogP contribution in [0.15, 0.2) is 11.6 Å². The first-order valence-electron chi connectivity index (χ1n) is 9.92. The fourth-order valence-electron chi connectivity index (χ4n) is 4.37. The van der Waals surface area contributed by atoms with Gasteiger partial charge < -0.3 is 10.6 Å². The average Bonchev–Trinajstić information content (AvgIpc) is 3.36. The Balaban J connectivity index is 1.61. The predicted molar refractivity (Wildman–Crippen MR) is 117 cm³/mol. The molecule has 3 aromatic heterocycles. The number of thiazole rings is 1. The van der Waals surface area contributed by atoms with Crippen LogP contribution in [0.4, 0.5) is 16.6 Å². The molecule has 0 atom stereocenters. The molecule has 1 amide bonds. The minimum atomic E-state index is -0.195. The zero-order valence-corrected chi connectivity index (χ0v) is 17.3. The first-order valence-corrected chi connectivity index (χ1v) is 11.6. The number of nitrogens with one attached hydrogen (secondary N) is 1. The molecule has 2 aliphatic rings. The monoisotopic (exact) mass is 413 g/mol. The fraction of sp³-hybridized carbons (Fsp3) is 0.450. The molecule has 3 N–H and O–H groups in total. The molecule has 0 saturated carbocycles. The number of hydrogen-bond acceptors (Lipinski definition) is 7. The van der Waals surface area contributed by atoms with Crippen LogP contribution < -0.4 is 16.0 Å². The Hall–Kier alpha value is -2.19. The Morgan fingerprint density at radius 3 is 2.64 bits per heavy atom. The number of nitrogen functional groups attached to an aromatic ring is 1. The van der Waals surface area contributed by atoms with Crippen molar-refractivity contribution in [3.05, 3.63) is 27.6 Å². The van der Waals surface area contributed by atoms with E-state index in [4.69, 9.17) is 10.7 Å². The zero-order chi connectivity index (χ0) is 19.1. The summed E-state index contributed by atoms with van der Waals surface area (Å²) in [5, 5.41) is 6.29. The molecule has 5 rings (SSSR count). The largest absolute Gasteiger partial charge is 0.397 e. The second-order valence-electron chi connectivity index (χ2n) is 7.46. The van der Waals surface area contributed by atoms with E-state index in [9.17, 15) is 4.79 Å². The molecule has 0 bridgehead atoms. The van der Waals surface area contributed by atoms with Crippen LogP contribution in [0.1, 0.15) is 52.9 Å². The van der Waals surface area contributed by atoms with Crippen molar-refractivity contribution in [1.82, 2.24) is 9.97 Å². The summed E-state index contributed by atoms with van der Waals surface area (Å²) < 4.78 is 0. The molecule has 0 unspecified atom stereocenters. The summed E-state index contributed by atoms with van der Waals surface area (Å²) in [6.07, 6.45) is 9.87. The van der Waals surface area contributed by atoms with Crippen molar-refractivity contribution < 1.29 is 4.79 Å². The number of pyridine rings is 1. The highest BCUT2D eigenvalue weighted by atomic mass is 32.1. The minimum Gasteiger partial charge on any atom is -0.397 e. The van der Waals surface area contributed by atoms with Crippen LogP contribution in [-0.4, -0.2) is 29.0 Å². The van der Waals surface area contributed by atoms with Crippen LogP contribution in [0.3, 0.4) is 0 Å². The fourth-order valence-corrected chi connectivity index (χ4v) is 5.91. The molecule has 6 nitrogen and oxygen atoms in total. The molecular weight excluding hydrogens is 390 g/mol. The summed E-state index contributed by atoms with van der Waals surface area (Å²) in [6, 6.07) is 0. The molecule has 8 heteroatoms. The van der Waals surface area contributed by atoms with Crippen LogP contribution in [-0.2, 0) is 12.8 Å². The molecule has 0 spiro atoms. The summed E-state index contributed by atoms with van der Waals surface area (Å²) in [5.41, 5.74) is 9.75. The van der Waals surface area contributed by atoms with Crippen LogP contribution in [0.25, 0.3) is 10.2 Å². The molecule has 1 fully saturated rings. The number of piperidine rings is 1. The van der Waals surface area contributed by atoms with Crippen molar-refractivity contribution in [2.45, 2.75) is 44.9 Å². The lowest BCUT2D eigenvalue weighted by molar-refractivity contribution is 0.103. The topological polar surface area (TPSA) is 84.1 Å². The molecule has 146 valence electrons. The normalized spacial score (nSPS) is 16.9. The number of carbonyl (C=O) groups excluding carboxylic acids is 1. The quantitative estimate of drug-likeness (QED) is 0.662. The maximum atomic E-state index is 12.8. The van der Waals surface area contributed by atoms with Gasteiger partial charge in [-0.1, -0.05) is 0 Å². The van der Waals surface area contributed by atoms with E-state index < -0.39 is 0 Å². The number of amides is 1. The number of aromatic nitrogens is 2. The van der Waals surface area contributed by atoms with E-state index in [1.54, 1.807) is 6.20 Å². The molecule has 3 aromatic rings. The van der Waals surface area contributed by atoms with Crippen LogP contribution >= 0.6 is 22.7 Å². The van der Waals surface area contributed by atoms with Crippen molar-refractivity contribution in [3.63, 3.8) is 0 Å². The van der Waals surface area contributed by atoms with E-state index in [0.29, 0.717) is 15.7 Å². The van der Waals surface area contributed by atoms with Crippen LogP contribution in [0, 0.1) is 0 Å². The smallest absolute Gasteiger partial charge is 0.269 e. The highest BCUT2D eigenvalue weighted by molar-refractivity contribution is 7.21. The highest BCUT2D eigenvalue weighted by Gasteiger charge is 2.27. The number of fused-ring (bicyclic) bond motifs is 3. The number of nitrogens with zero attached hydrogens (tertiary/aromatic N) is 3. The molecule has 1 aliphatic heterocycles. The third kappa shape index (κ3) is 3.04. The Kier molecular flexibility index (Phi) is 4.68. The van der Waals surface area contributed by atoms with Gasteiger partial charge in [0.25, 0.3) is 5.91 Å². The van der Waals surface area contributed by atoms with Gasteiger partial charge in [0.1, 0.15) is 15.5 Å². The molecule has 1 aliphatic carbocycles. The Bertz CT molecular complexity index is 1020. The standard InChI is InChI=1S/C20H23N5OS2/c21-15-14-12-6-2-3-7-13(12)17(25-9-4-1-5-10-25)23-19(14)28-16(15)18(26)24-20-22-8-11-27-20/h8,11H,1-7,9-10,21H2,(H,22,24,26). The summed E-state index contributed by atoms with van der Waals surface area (Å²) >= 11 is 2.81. The Labute approximate surface area is 171 Å². The van der Waals surface area contributed by atoms with Crippen molar-refractivity contribution in [2.24, 2.45) is 0 Å². The van der Waals surface area contributed by atoms with E-state index in [1.807, 2.05) is 5.38 Å². The van der Waals surface area contributed by atoms with Gasteiger partial charge in [-0.05, 0) is 56.1 Å². The lowest BCUT2D eigenvalue weighted by Crippen LogP contribution is -2.31. The van der Waals surface area contributed by atoms with Gasteiger partial charge in [-0.3, -0.25) is 10.1 Å². The third-order valence-electron chi connectivity index (χ3n) is 5.69. The molecule has 0 radical (unpaired) electrons. The highest BCUT2D eigenvalue weighted by Crippen LogP contribution is 2.42. The zero-order valence-electron chi connectivity index (χ0n) is 15.7. The average molecular weight is 414 g/mol. The summed E-state index contributed by atoms with van der Waals surface area (Å²) in [7, 11) is 0. The number of nitrogens with two attached hydrogens (primary N) is 1. The third-order valence-corrected chi connectivity index (χ3v) is 7.47. The van der Waals surface area contributed by atoms with Gasteiger partial charge in [-0.15, -0.1) is 22.7 Å². The van der Waals surface area contributed by atoms with Crippen molar-refractivity contribution in [3.8, 4) is 0 Å². The molecular formula is C20H23N5OS2. The summed E-state index contributed by atoms with van der Waals surface area (Å²) in [5.74, 6) is 0.939. The number of carbonyl (C=O) groups is 1. The van der Waals surface area contributed by atoms with Gasteiger partial charge in [0, 0.05) is 30.1 Å². The van der Waals surface area contributed by atoms with E-state index in [2.05, 4.69) is 15.2 Å². The molecule has 28 heavy (non-hydrogen) atoms. The van der Waals surface area contributed by atoms with E-state index >= 15 is 0 Å². The van der Waals surface area contributed by atoms with Crippen molar-refractivity contribution in [1.29, 1.82) is 0 Å². The lowest BCUT2D eigenvalue weighted by Gasteiger charge is -2.31. The van der Waals surface area contributed by atoms with Gasteiger partial charge in [0.05, 0.1) is 5.69 Å². The minimum absolute atomic E-state index is 0.195. The Morgan fingerprint density at radius 1 is 1.11 bits per heavy atom. The van der Waals surface area contributed by atoms with Crippen LogP contribution in [0.5, 0.6) is 0 Å². The second-order valence-corrected chi connectivity index (χ2v) is 9.36. The SMILES string of the molecule is Nc1c(C(=O)Nc2nccs2)sc2nc(N3CCCCC3)c3c(c12)CCCC3. The van der Waals surface area contributed by atoms with Crippen LogP contribution in [0.2, 0.25) is 0 Å². The van der Waals surface area contributed by atoms with E-state index in [0.717, 1.165) is 42.0 Å². The first kappa shape index (κ1) is 17.9. The summed E-state index contributed by atoms with van der Waals surface area (Å²) in [6.45, 7) is 2.15. The maximum absolute atomic E-state index is 12.8. The lowest BCUT2D eigenvalue weighted by atomic mass is 9.89. The van der Waals surface area contributed by atoms with E-state index in [-0.39, 0.29) is 5.91 Å². The Morgan fingerprint density at radius 2 is 1.89 bits per heavy atom. The van der Waals surface area contributed by atoms with Crippen molar-refractivity contribution >= 4 is 55.4 Å². The summed E-state index contributed by atoms with van der Waals surface area (Å²) in [4.78, 5) is 25.9. The molecule has 1 saturated heterocycles. The van der Waals surface area contributed by atoms with Gasteiger partial charge >= 0.3 is 0 Å². The number of rotatable bonds is 3. The second kappa shape index (κ2) is 7.33. The first-order chi connectivity index (χ1) is 13.7. The predicted octanol–water partition coefficient (Wildman–Crippen LogP) is 4.46. The number of anilines is 3. The van der Waals surface area contributed by atoms with Gasteiger partial charge in [0.15, 0.2) is 5.13 Å². The maximum Gasteiger partial charge on any atom is 0.269 e. The molecule has 0 aromatic carbocycles. The van der Waals surface area contributed by atoms with E-state index in [1.165, 1.54) is 65.9 Å². The molecule has 4 heterocycles. The van der Waals surface area contributed by atoms with Gasteiger partial charge in [-0.25, -0.2) is 9.97 Å². The van der Waals surface area contributed by atoms with Gasteiger partial charge in [0.2, 0.25) is 0 Å². The number of thiophene rings is 1. The van der Waals surface area contributed by atoms with Gasteiger partial charge in [-0.2, -0.15) is 0 Å². The van der Waals surface area contributed by atoms with Crippen molar-refractivity contribution in [2.75, 3.05) is 29.0 Å². The number of hydrogen-bond donors (Lipinski definition) is 2.